The number of carbonyl (C=O) groups excluding carboxylic acids is 2. The van der Waals surface area contributed by atoms with E-state index in [1.807, 2.05) is 0 Å². The molecule has 1 aromatic heterocycles. The lowest BCUT2D eigenvalue weighted by Crippen LogP contribution is -2.60. The molecule has 198 valence electrons. The van der Waals surface area contributed by atoms with Gasteiger partial charge in [0.05, 0.1) is 26.6 Å². The molecule has 0 bridgehead atoms. The van der Waals surface area contributed by atoms with E-state index in [2.05, 4.69) is 5.32 Å². The average molecular weight is 510 g/mol. The van der Waals surface area contributed by atoms with Crippen LogP contribution >= 0.6 is 0 Å². The molecule has 0 aliphatic carbocycles. The predicted octanol–water partition coefficient (Wildman–Crippen LogP) is -0.281. The largest absolute Gasteiger partial charge is 0.490 e. The van der Waals surface area contributed by atoms with Gasteiger partial charge in [-0.1, -0.05) is 0 Å². The number of aryl methyl sites for hydroxylation is 1. The number of nitrogens with one attached hydrogen (secondary N) is 1. The summed E-state index contributed by atoms with van der Waals surface area (Å²) in [5.41, 5.74) is 1.62. The fraction of sp³-hybridized carbons (Fsp3) is 0.583. The maximum atomic E-state index is 12.1. The molecule has 2 fully saturated rings. The van der Waals surface area contributed by atoms with E-state index in [4.69, 9.17) is 23.4 Å². The van der Waals surface area contributed by atoms with Crippen molar-refractivity contribution in [2.45, 2.75) is 62.8 Å². The van der Waals surface area contributed by atoms with Crippen LogP contribution < -0.4 is 14.8 Å². The standard InChI is InChI=1S/C24H31NO11/c1-3-33-17(28)5-4-11-6-13-14(12-7-16(27)25-8-12)10-34-22(13)23(32-2)21(11)36-24-20(31)19(30)18(29)15(9-26)35-24/h6,10,12,15,18-20,24,26,29-31H,3-5,7-9H2,1-2H3,(H,25,27)/t12-,15-,18-,19+,20-,24-/m1/s1. The number of fused-ring (bicyclic) bond motifs is 1. The van der Waals surface area contributed by atoms with Gasteiger partial charge in [-0.15, -0.1) is 0 Å². The van der Waals surface area contributed by atoms with Crippen LogP contribution in [0.2, 0.25) is 0 Å². The third-order valence-electron chi connectivity index (χ3n) is 6.49. The molecular formula is C24H31NO11. The summed E-state index contributed by atoms with van der Waals surface area (Å²) in [6.07, 6.45) is -5.44. The van der Waals surface area contributed by atoms with Crippen molar-refractivity contribution in [2.24, 2.45) is 0 Å². The minimum absolute atomic E-state index is 0.0181. The zero-order chi connectivity index (χ0) is 26.0. The molecule has 12 heteroatoms. The van der Waals surface area contributed by atoms with E-state index in [0.717, 1.165) is 5.56 Å². The Labute approximate surface area is 206 Å². The third kappa shape index (κ3) is 5.00. The normalized spacial score (nSPS) is 28.2. The van der Waals surface area contributed by atoms with Gasteiger partial charge in [-0.3, -0.25) is 9.59 Å². The fourth-order valence-corrected chi connectivity index (χ4v) is 4.59. The summed E-state index contributed by atoms with van der Waals surface area (Å²) in [5.74, 6) is -0.342. The fourth-order valence-electron chi connectivity index (χ4n) is 4.59. The van der Waals surface area contributed by atoms with Gasteiger partial charge >= 0.3 is 5.97 Å². The van der Waals surface area contributed by atoms with Gasteiger partial charge in [-0.05, 0) is 25.0 Å². The number of hydrogen-bond donors (Lipinski definition) is 5. The van der Waals surface area contributed by atoms with Crippen LogP contribution in [0.3, 0.4) is 0 Å². The highest BCUT2D eigenvalue weighted by Crippen LogP contribution is 2.45. The monoisotopic (exact) mass is 509 g/mol. The zero-order valence-electron chi connectivity index (χ0n) is 20.0. The lowest BCUT2D eigenvalue weighted by molar-refractivity contribution is -0.277. The minimum Gasteiger partial charge on any atom is -0.490 e. The van der Waals surface area contributed by atoms with Crippen molar-refractivity contribution in [1.29, 1.82) is 0 Å². The molecule has 6 atom stereocenters. The lowest BCUT2D eigenvalue weighted by Gasteiger charge is -2.39. The first kappa shape index (κ1) is 26.2. The molecule has 0 saturated carbocycles. The van der Waals surface area contributed by atoms with E-state index in [1.165, 1.54) is 7.11 Å². The van der Waals surface area contributed by atoms with Crippen LogP contribution in [-0.2, 0) is 25.5 Å². The Bertz CT molecular complexity index is 1100. The highest BCUT2D eigenvalue weighted by atomic mass is 16.7. The summed E-state index contributed by atoms with van der Waals surface area (Å²) in [6, 6.07) is 1.76. The number of benzene rings is 1. The van der Waals surface area contributed by atoms with Crippen LogP contribution in [-0.4, -0.2) is 89.9 Å². The smallest absolute Gasteiger partial charge is 0.306 e. The van der Waals surface area contributed by atoms with Gasteiger partial charge in [0.15, 0.2) is 11.3 Å². The molecule has 2 saturated heterocycles. The molecule has 1 amide bonds. The molecule has 3 heterocycles. The summed E-state index contributed by atoms with van der Waals surface area (Å²) >= 11 is 0. The molecule has 0 unspecified atom stereocenters. The summed E-state index contributed by atoms with van der Waals surface area (Å²) in [6.45, 7) is 1.77. The number of ether oxygens (including phenoxy) is 4. The van der Waals surface area contributed by atoms with Crippen molar-refractivity contribution in [1.82, 2.24) is 5.32 Å². The van der Waals surface area contributed by atoms with E-state index >= 15 is 0 Å². The maximum absolute atomic E-state index is 12.1. The number of furan rings is 1. The molecule has 5 N–H and O–H groups in total. The quantitative estimate of drug-likeness (QED) is 0.281. The van der Waals surface area contributed by atoms with Crippen LogP contribution in [0, 0.1) is 0 Å². The highest BCUT2D eigenvalue weighted by molar-refractivity contribution is 5.92. The van der Waals surface area contributed by atoms with Crippen molar-refractivity contribution in [3.05, 3.63) is 23.5 Å². The second kappa shape index (κ2) is 11.0. The Morgan fingerprint density at radius 3 is 2.61 bits per heavy atom. The number of aliphatic hydroxyl groups is 4. The highest BCUT2D eigenvalue weighted by Gasteiger charge is 2.45. The number of methoxy groups -OCH3 is 1. The topological polar surface area (TPSA) is 177 Å². The van der Waals surface area contributed by atoms with Crippen molar-refractivity contribution in [2.75, 3.05) is 26.9 Å². The molecular weight excluding hydrogens is 478 g/mol. The van der Waals surface area contributed by atoms with Crippen molar-refractivity contribution >= 4 is 22.8 Å². The molecule has 1 aromatic carbocycles. The first-order chi connectivity index (χ1) is 17.3. The van der Waals surface area contributed by atoms with Crippen LogP contribution in [0.15, 0.2) is 16.7 Å². The van der Waals surface area contributed by atoms with E-state index in [0.29, 0.717) is 29.5 Å². The summed E-state index contributed by atoms with van der Waals surface area (Å²) in [7, 11) is 1.40. The maximum Gasteiger partial charge on any atom is 0.306 e. The first-order valence-electron chi connectivity index (χ1n) is 11.8. The number of aliphatic hydroxyl groups excluding tert-OH is 4. The van der Waals surface area contributed by atoms with Gasteiger partial charge in [-0.25, -0.2) is 0 Å². The SMILES string of the molecule is CCOC(=O)CCc1cc2c([C@H]3CNC(=O)C3)coc2c(OC)c1O[C@H]1O[C@H](CO)[C@@H](O)[C@H](O)[C@H]1O. The van der Waals surface area contributed by atoms with Crippen molar-refractivity contribution < 1.29 is 53.4 Å². The summed E-state index contributed by atoms with van der Waals surface area (Å²) in [4.78, 5) is 23.9. The van der Waals surface area contributed by atoms with E-state index in [1.54, 1.807) is 19.3 Å². The van der Waals surface area contributed by atoms with Crippen molar-refractivity contribution in [3.8, 4) is 11.5 Å². The van der Waals surface area contributed by atoms with Gasteiger partial charge in [0.25, 0.3) is 0 Å². The Balaban J connectivity index is 1.75. The van der Waals surface area contributed by atoms with E-state index < -0.39 is 43.3 Å². The molecule has 2 aliphatic heterocycles. The van der Waals surface area contributed by atoms with Gasteiger partial charge in [0.1, 0.15) is 24.4 Å². The molecule has 0 radical (unpaired) electrons. The number of amides is 1. The van der Waals surface area contributed by atoms with Crippen LogP contribution in [0.1, 0.15) is 36.8 Å². The van der Waals surface area contributed by atoms with Gasteiger partial charge in [0, 0.05) is 36.3 Å². The second-order valence-electron chi connectivity index (χ2n) is 8.79. The molecule has 12 nitrogen and oxygen atoms in total. The number of carbonyl (C=O) groups is 2. The predicted molar refractivity (Wildman–Crippen MR) is 122 cm³/mol. The first-order valence-corrected chi connectivity index (χ1v) is 11.8. The van der Waals surface area contributed by atoms with Gasteiger partial charge in [-0.2, -0.15) is 0 Å². The third-order valence-corrected chi connectivity index (χ3v) is 6.49. The Hall–Kier alpha value is -2.90. The average Bonchev–Trinajstić information content (AvgIpc) is 3.48. The van der Waals surface area contributed by atoms with Crippen LogP contribution in [0.4, 0.5) is 0 Å². The molecule has 36 heavy (non-hydrogen) atoms. The van der Waals surface area contributed by atoms with E-state index in [9.17, 15) is 30.0 Å². The Morgan fingerprint density at radius 1 is 1.19 bits per heavy atom. The zero-order valence-corrected chi connectivity index (χ0v) is 20.0. The number of esters is 1. The molecule has 0 spiro atoms. The minimum atomic E-state index is -1.65. The summed E-state index contributed by atoms with van der Waals surface area (Å²) in [5, 5.41) is 43.7. The Morgan fingerprint density at radius 2 is 1.97 bits per heavy atom. The molecule has 2 aliphatic rings. The Kier molecular flexibility index (Phi) is 8.00. The van der Waals surface area contributed by atoms with Crippen LogP contribution in [0.5, 0.6) is 11.5 Å². The van der Waals surface area contributed by atoms with Crippen molar-refractivity contribution in [3.63, 3.8) is 0 Å². The number of rotatable bonds is 9. The lowest BCUT2D eigenvalue weighted by atomic mass is 9.95. The van der Waals surface area contributed by atoms with Crippen LogP contribution in [0.25, 0.3) is 11.0 Å². The molecule has 4 rings (SSSR count). The van der Waals surface area contributed by atoms with E-state index in [-0.39, 0.29) is 42.8 Å². The second-order valence-corrected chi connectivity index (χ2v) is 8.79. The number of hydrogen-bond acceptors (Lipinski definition) is 11. The van der Waals surface area contributed by atoms with Gasteiger partial charge < -0.3 is 49.1 Å². The molecule has 2 aromatic rings. The summed E-state index contributed by atoms with van der Waals surface area (Å²) < 4.78 is 27.9. The van der Waals surface area contributed by atoms with Gasteiger partial charge in [0.2, 0.25) is 17.9 Å².